The van der Waals surface area contributed by atoms with Crippen molar-refractivity contribution in [2.75, 3.05) is 18.4 Å². The molecule has 3 rings (SSSR count). The lowest BCUT2D eigenvalue weighted by atomic mass is 10.2. The minimum atomic E-state index is -3.49. The smallest absolute Gasteiger partial charge is 0.249 e. The van der Waals surface area contributed by atoms with Gasteiger partial charge >= 0.3 is 0 Å². The van der Waals surface area contributed by atoms with Crippen LogP contribution in [0.15, 0.2) is 77.8 Å². The molecule has 7 nitrogen and oxygen atoms in total. The molecule has 0 aliphatic carbocycles. The SMILES string of the molecule is CCN(CC)S(=O)(=O)c1ccc(/C=C/C(=O)Nc2ccnn2Cc2ccccc2)cc1. The zero-order valence-electron chi connectivity index (χ0n) is 17.6. The molecule has 0 bridgehead atoms. The second-order valence-corrected chi connectivity index (χ2v) is 8.78. The average molecular weight is 439 g/mol. The lowest BCUT2D eigenvalue weighted by Gasteiger charge is -2.18. The van der Waals surface area contributed by atoms with Crippen LogP contribution in [0.25, 0.3) is 6.08 Å². The van der Waals surface area contributed by atoms with E-state index in [9.17, 15) is 13.2 Å². The highest BCUT2D eigenvalue weighted by Crippen LogP contribution is 2.17. The molecule has 0 radical (unpaired) electrons. The normalized spacial score (nSPS) is 11.8. The van der Waals surface area contributed by atoms with Gasteiger partial charge in [0.25, 0.3) is 0 Å². The van der Waals surface area contributed by atoms with Crippen LogP contribution in [-0.2, 0) is 21.4 Å². The van der Waals surface area contributed by atoms with Crippen molar-refractivity contribution in [3.05, 3.63) is 84.1 Å². The summed E-state index contributed by atoms with van der Waals surface area (Å²) in [5.41, 5.74) is 1.81. The molecule has 0 aliphatic heterocycles. The number of rotatable bonds is 9. The van der Waals surface area contributed by atoms with Crippen molar-refractivity contribution in [3.8, 4) is 0 Å². The largest absolute Gasteiger partial charge is 0.307 e. The average Bonchev–Trinajstić information content (AvgIpc) is 3.20. The van der Waals surface area contributed by atoms with E-state index in [2.05, 4.69) is 10.4 Å². The van der Waals surface area contributed by atoms with Crippen LogP contribution in [0, 0.1) is 0 Å². The van der Waals surface area contributed by atoms with E-state index in [0.29, 0.717) is 25.5 Å². The van der Waals surface area contributed by atoms with Crippen LogP contribution in [0.3, 0.4) is 0 Å². The third kappa shape index (κ3) is 5.68. The molecule has 1 N–H and O–H groups in total. The predicted molar refractivity (Wildman–Crippen MR) is 122 cm³/mol. The maximum Gasteiger partial charge on any atom is 0.249 e. The van der Waals surface area contributed by atoms with Gasteiger partial charge in [-0.05, 0) is 29.3 Å². The van der Waals surface area contributed by atoms with Gasteiger partial charge in [0.05, 0.1) is 17.6 Å². The lowest BCUT2D eigenvalue weighted by Crippen LogP contribution is -2.30. The molecule has 3 aromatic rings. The first kappa shape index (κ1) is 22.5. The Morgan fingerprint density at radius 2 is 1.71 bits per heavy atom. The Labute approximate surface area is 183 Å². The van der Waals surface area contributed by atoms with Crippen molar-refractivity contribution in [1.29, 1.82) is 0 Å². The Balaban J connectivity index is 1.64. The van der Waals surface area contributed by atoms with Crippen molar-refractivity contribution >= 4 is 27.8 Å². The Morgan fingerprint density at radius 3 is 2.35 bits per heavy atom. The molecule has 1 heterocycles. The van der Waals surface area contributed by atoms with Crippen LogP contribution in [-0.4, -0.2) is 41.5 Å². The highest BCUT2D eigenvalue weighted by atomic mass is 32.2. The molecule has 0 atom stereocenters. The standard InChI is InChI=1S/C23H26N4O3S/c1-3-26(4-2)31(29,30)21-13-10-19(11-14-21)12-15-23(28)25-22-16-17-24-27(22)18-20-8-6-5-7-9-20/h5-17H,3-4,18H2,1-2H3,(H,25,28)/b15-12+. The highest BCUT2D eigenvalue weighted by molar-refractivity contribution is 7.89. The van der Waals surface area contributed by atoms with Gasteiger partial charge < -0.3 is 5.32 Å². The molecule has 0 aliphatic rings. The summed E-state index contributed by atoms with van der Waals surface area (Å²) in [5.74, 6) is 0.300. The fourth-order valence-corrected chi connectivity index (χ4v) is 4.58. The maximum atomic E-state index is 12.5. The van der Waals surface area contributed by atoms with Gasteiger partial charge in [-0.2, -0.15) is 9.40 Å². The van der Waals surface area contributed by atoms with Crippen LogP contribution in [0.4, 0.5) is 5.82 Å². The van der Waals surface area contributed by atoms with E-state index in [4.69, 9.17) is 0 Å². The van der Waals surface area contributed by atoms with Crippen LogP contribution in [0.5, 0.6) is 0 Å². The number of sulfonamides is 1. The predicted octanol–water partition coefficient (Wildman–Crippen LogP) is 3.61. The van der Waals surface area contributed by atoms with Gasteiger partial charge in [0.15, 0.2) is 0 Å². The molecule has 8 heteroatoms. The van der Waals surface area contributed by atoms with Crippen molar-refractivity contribution in [2.45, 2.75) is 25.3 Å². The van der Waals surface area contributed by atoms with Gasteiger partial charge in [-0.15, -0.1) is 0 Å². The number of benzene rings is 2. The van der Waals surface area contributed by atoms with E-state index in [1.807, 2.05) is 44.2 Å². The number of carbonyl (C=O) groups excluding carboxylic acids is 1. The number of hydrogen-bond donors (Lipinski definition) is 1. The first-order chi connectivity index (χ1) is 14.9. The summed E-state index contributed by atoms with van der Waals surface area (Å²) in [6, 6.07) is 18.1. The monoisotopic (exact) mass is 438 g/mol. The molecule has 31 heavy (non-hydrogen) atoms. The zero-order valence-corrected chi connectivity index (χ0v) is 18.4. The molecular formula is C23H26N4O3S. The van der Waals surface area contributed by atoms with Crippen molar-refractivity contribution in [1.82, 2.24) is 14.1 Å². The van der Waals surface area contributed by atoms with Crippen molar-refractivity contribution in [2.24, 2.45) is 0 Å². The first-order valence-corrected chi connectivity index (χ1v) is 11.5. The fraction of sp³-hybridized carbons (Fsp3) is 0.217. The van der Waals surface area contributed by atoms with Crippen molar-refractivity contribution in [3.63, 3.8) is 0 Å². The number of hydrogen-bond acceptors (Lipinski definition) is 4. The zero-order chi connectivity index (χ0) is 22.3. The number of aromatic nitrogens is 2. The van der Waals surface area contributed by atoms with E-state index in [1.54, 1.807) is 47.3 Å². The van der Waals surface area contributed by atoms with E-state index < -0.39 is 10.0 Å². The maximum absolute atomic E-state index is 12.5. The van der Waals surface area contributed by atoms with Crippen molar-refractivity contribution < 1.29 is 13.2 Å². The van der Waals surface area contributed by atoms with Crippen LogP contribution >= 0.6 is 0 Å². The Bertz CT molecular complexity index is 1130. The summed E-state index contributed by atoms with van der Waals surface area (Å²) in [6.07, 6.45) is 4.69. The molecular weight excluding hydrogens is 412 g/mol. The van der Waals surface area contributed by atoms with Gasteiger partial charge in [0.1, 0.15) is 5.82 Å². The molecule has 1 aromatic heterocycles. The van der Waals surface area contributed by atoms with Gasteiger partial charge in [-0.1, -0.05) is 56.3 Å². The minimum Gasteiger partial charge on any atom is -0.307 e. The number of anilines is 1. The van der Waals surface area contributed by atoms with Gasteiger partial charge in [0.2, 0.25) is 15.9 Å². The van der Waals surface area contributed by atoms with Crippen LogP contribution < -0.4 is 5.32 Å². The van der Waals surface area contributed by atoms with Gasteiger partial charge in [0, 0.05) is 25.2 Å². The molecule has 2 aromatic carbocycles. The summed E-state index contributed by atoms with van der Waals surface area (Å²) in [6.45, 7) is 5.00. The first-order valence-electron chi connectivity index (χ1n) is 10.1. The summed E-state index contributed by atoms with van der Waals surface area (Å²) < 4.78 is 28.2. The summed E-state index contributed by atoms with van der Waals surface area (Å²) in [5, 5.41) is 7.08. The summed E-state index contributed by atoms with van der Waals surface area (Å²) in [4.78, 5) is 12.6. The fourth-order valence-electron chi connectivity index (χ4n) is 3.12. The molecule has 0 spiro atoms. The highest BCUT2D eigenvalue weighted by Gasteiger charge is 2.20. The third-order valence-corrected chi connectivity index (χ3v) is 6.86. The number of nitrogens with zero attached hydrogens (tertiary/aromatic N) is 3. The van der Waals surface area contributed by atoms with Crippen LogP contribution in [0.2, 0.25) is 0 Å². The molecule has 1 amide bonds. The van der Waals surface area contributed by atoms with E-state index in [-0.39, 0.29) is 10.8 Å². The van der Waals surface area contributed by atoms with E-state index in [1.165, 1.54) is 10.4 Å². The molecule has 0 saturated carbocycles. The number of nitrogens with one attached hydrogen (secondary N) is 1. The Morgan fingerprint density at radius 1 is 1.03 bits per heavy atom. The van der Waals surface area contributed by atoms with E-state index >= 15 is 0 Å². The molecule has 0 unspecified atom stereocenters. The van der Waals surface area contributed by atoms with Gasteiger partial charge in [-0.25, -0.2) is 13.1 Å². The molecule has 0 saturated heterocycles. The van der Waals surface area contributed by atoms with Crippen LogP contribution in [0.1, 0.15) is 25.0 Å². The summed E-state index contributed by atoms with van der Waals surface area (Å²) in [7, 11) is -3.49. The second kappa shape index (κ2) is 10.2. The number of carbonyl (C=O) groups is 1. The number of amides is 1. The van der Waals surface area contributed by atoms with E-state index in [0.717, 1.165) is 11.1 Å². The minimum absolute atomic E-state index is 0.239. The second-order valence-electron chi connectivity index (χ2n) is 6.84. The quantitative estimate of drug-likeness (QED) is 0.517. The Hall–Kier alpha value is -3.23. The molecule has 0 fully saturated rings. The molecule has 162 valence electrons. The third-order valence-electron chi connectivity index (χ3n) is 4.79. The summed E-state index contributed by atoms with van der Waals surface area (Å²) >= 11 is 0. The Kier molecular flexibility index (Phi) is 7.38. The van der Waals surface area contributed by atoms with Gasteiger partial charge in [-0.3, -0.25) is 4.79 Å². The topological polar surface area (TPSA) is 84.3 Å². The lowest BCUT2D eigenvalue weighted by molar-refractivity contribution is -0.111.